The van der Waals surface area contributed by atoms with Crippen LogP contribution in [0, 0.1) is 0 Å². The summed E-state index contributed by atoms with van der Waals surface area (Å²) < 4.78 is 27.3. The van der Waals surface area contributed by atoms with Crippen LogP contribution in [0.25, 0.3) is 0 Å². The Morgan fingerprint density at radius 2 is 1.56 bits per heavy atom. The molecule has 0 bridgehead atoms. The van der Waals surface area contributed by atoms with Gasteiger partial charge in [-0.05, 0) is 40.8 Å². The van der Waals surface area contributed by atoms with E-state index >= 15 is 0 Å². The molecule has 0 aliphatic rings. The fraction of sp³-hybridized carbons (Fsp3) is 0.278. The van der Waals surface area contributed by atoms with Gasteiger partial charge in [0, 0.05) is 12.1 Å². The first kappa shape index (κ1) is 19.1. The van der Waals surface area contributed by atoms with Gasteiger partial charge in [0.15, 0.2) is 0 Å². The van der Waals surface area contributed by atoms with Crippen molar-refractivity contribution in [3.05, 3.63) is 65.2 Å². The molecule has 0 aromatic heterocycles. The van der Waals surface area contributed by atoms with E-state index < -0.39 is 15.9 Å². The van der Waals surface area contributed by atoms with Crippen molar-refractivity contribution in [3.8, 4) is 0 Å². The van der Waals surface area contributed by atoms with Crippen LogP contribution in [0.5, 0.6) is 0 Å². The van der Waals surface area contributed by atoms with Crippen LogP contribution >= 0.6 is 0 Å². The minimum Gasteiger partial charge on any atom is -0.288 e. The molecule has 0 heterocycles. The molecular formula is C18H22N2O4S. The molecule has 0 aliphatic carbocycles. The molecule has 2 aromatic carbocycles. The van der Waals surface area contributed by atoms with E-state index in [4.69, 9.17) is 5.21 Å². The van der Waals surface area contributed by atoms with Gasteiger partial charge >= 0.3 is 0 Å². The zero-order valence-corrected chi connectivity index (χ0v) is 15.2. The highest BCUT2D eigenvalue weighted by atomic mass is 32.2. The maximum atomic E-state index is 12.4. The molecule has 0 aliphatic heterocycles. The van der Waals surface area contributed by atoms with Crippen molar-refractivity contribution < 1.29 is 18.4 Å². The van der Waals surface area contributed by atoms with Gasteiger partial charge in [-0.1, -0.05) is 45.0 Å². The summed E-state index contributed by atoms with van der Waals surface area (Å²) in [7, 11) is -3.62. The van der Waals surface area contributed by atoms with Crippen molar-refractivity contribution in [2.75, 3.05) is 0 Å². The van der Waals surface area contributed by atoms with E-state index in [0.717, 1.165) is 5.56 Å². The second kappa shape index (κ2) is 7.35. The first-order valence-electron chi connectivity index (χ1n) is 7.77. The highest BCUT2D eigenvalue weighted by Crippen LogP contribution is 2.23. The van der Waals surface area contributed by atoms with Crippen LogP contribution in [0.3, 0.4) is 0 Å². The average Bonchev–Trinajstić information content (AvgIpc) is 2.59. The number of carbonyl (C=O) groups is 1. The Labute approximate surface area is 147 Å². The third kappa shape index (κ3) is 4.88. The van der Waals surface area contributed by atoms with Gasteiger partial charge in [0.1, 0.15) is 0 Å². The fourth-order valence-corrected chi connectivity index (χ4v) is 3.25. The Morgan fingerprint density at radius 1 is 1.00 bits per heavy atom. The minimum absolute atomic E-state index is 0.0433. The monoisotopic (exact) mass is 362 g/mol. The lowest BCUT2D eigenvalue weighted by atomic mass is 9.87. The third-order valence-electron chi connectivity index (χ3n) is 3.81. The normalized spacial score (nSPS) is 12.0. The Kier molecular flexibility index (Phi) is 5.62. The maximum absolute atomic E-state index is 12.4. The van der Waals surface area contributed by atoms with Gasteiger partial charge in [-0.3, -0.25) is 10.0 Å². The van der Waals surface area contributed by atoms with Crippen LogP contribution < -0.4 is 10.2 Å². The minimum atomic E-state index is -3.62. The Bertz CT molecular complexity index is 836. The van der Waals surface area contributed by atoms with Gasteiger partial charge in [0.25, 0.3) is 5.91 Å². The van der Waals surface area contributed by atoms with E-state index in [0.29, 0.717) is 5.56 Å². The molecule has 0 saturated heterocycles. The maximum Gasteiger partial charge on any atom is 0.274 e. The predicted molar refractivity (Wildman–Crippen MR) is 94.9 cm³/mol. The van der Waals surface area contributed by atoms with Gasteiger partial charge in [0.05, 0.1) is 4.90 Å². The van der Waals surface area contributed by atoms with Crippen molar-refractivity contribution in [1.82, 2.24) is 10.2 Å². The van der Waals surface area contributed by atoms with Gasteiger partial charge in [-0.25, -0.2) is 18.6 Å². The molecule has 134 valence electrons. The molecule has 2 aromatic rings. The van der Waals surface area contributed by atoms with Gasteiger partial charge in [-0.2, -0.15) is 0 Å². The van der Waals surface area contributed by atoms with Crippen LogP contribution in [0.1, 0.15) is 42.3 Å². The molecule has 2 rings (SSSR count). The summed E-state index contributed by atoms with van der Waals surface area (Å²) in [4.78, 5) is 11.5. The Balaban J connectivity index is 2.07. The van der Waals surface area contributed by atoms with Gasteiger partial charge in [-0.15, -0.1) is 0 Å². The molecule has 0 atom stereocenters. The van der Waals surface area contributed by atoms with Crippen molar-refractivity contribution in [2.24, 2.45) is 0 Å². The van der Waals surface area contributed by atoms with Crippen molar-refractivity contribution in [3.63, 3.8) is 0 Å². The molecule has 0 unspecified atom stereocenters. The molecule has 0 radical (unpaired) electrons. The molecule has 0 fully saturated rings. The van der Waals surface area contributed by atoms with Crippen LogP contribution in [0.4, 0.5) is 0 Å². The van der Waals surface area contributed by atoms with E-state index in [2.05, 4.69) is 25.5 Å². The Morgan fingerprint density at radius 3 is 2.04 bits per heavy atom. The number of carbonyl (C=O) groups excluding carboxylic acids is 1. The number of benzene rings is 2. The molecule has 0 saturated carbocycles. The first-order valence-corrected chi connectivity index (χ1v) is 9.25. The van der Waals surface area contributed by atoms with Crippen LogP contribution in [0.2, 0.25) is 0 Å². The van der Waals surface area contributed by atoms with Crippen molar-refractivity contribution in [1.29, 1.82) is 0 Å². The van der Waals surface area contributed by atoms with E-state index in [1.807, 2.05) is 12.1 Å². The van der Waals surface area contributed by atoms with Crippen molar-refractivity contribution in [2.45, 2.75) is 37.6 Å². The molecule has 0 spiro atoms. The number of sulfonamides is 1. The molecular weight excluding hydrogens is 340 g/mol. The van der Waals surface area contributed by atoms with Crippen LogP contribution in [0.15, 0.2) is 53.4 Å². The number of hydrogen-bond acceptors (Lipinski definition) is 4. The number of hydrogen-bond donors (Lipinski definition) is 3. The number of amides is 1. The largest absolute Gasteiger partial charge is 0.288 e. The first-order chi connectivity index (χ1) is 11.6. The molecule has 7 heteroatoms. The van der Waals surface area contributed by atoms with Crippen molar-refractivity contribution >= 4 is 15.9 Å². The smallest absolute Gasteiger partial charge is 0.274 e. The number of nitrogens with one attached hydrogen (secondary N) is 2. The number of hydroxylamine groups is 1. The summed E-state index contributed by atoms with van der Waals surface area (Å²) in [6, 6.07) is 13.1. The average molecular weight is 362 g/mol. The summed E-state index contributed by atoms with van der Waals surface area (Å²) in [5.41, 5.74) is 3.54. The standard InChI is InChI=1S/C18H22N2O4S/c1-18(2,3)15-8-10-16(11-9-15)25(23,24)19-12-13-4-6-14(7-5-13)17(21)20-22/h4-11,19,22H,12H2,1-3H3,(H,20,21). The van der Waals surface area contributed by atoms with E-state index in [1.54, 1.807) is 29.7 Å². The summed E-state index contributed by atoms with van der Waals surface area (Å²) in [5.74, 6) is -0.619. The summed E-state index contributed by atoms with van der Waals surface area (Å²) >= 11 is 0. The van der Waals surface area contributed by atoms with Gasteiger partial charge in [0.2, 0.25) is 10.0 Å². The summed E-state index contributed by atoms with van der Waals surface area (Å²) in [6.45, 7) is 6.30. The molecule has 3 N–H and O–H groups in total. The third-order valence-corrected chi connectivity index (χ3v) is 5.23. The topological polar surface area (TPSA) is 95.5 Å². The van der Waals surface area contributed by atoms with Crippen LogP contribution in [-0.4, -0.2) is 19.5 Å². The lowest BCUT2D eigenvalue weighted by Crippen LogP contribution is -2.23. The fourth-order valence-electron chi connectivity index (χ4n) is 2.23. The van der Waals surface area contributed by atoms with E-state index in [1.165, 1.54) is 12.1 Å². The highest BCUT2D eigenvalue weighted by molar-refractivity contribution is 7.89. The predicted octanol–water partition coefficient (Wildman–Crippen LogP) is 2.58. The zero-order chi connectivity index (χ0) is 18.7. The molecule has 25 heavy (non-hydrogen) atoms. The lowest BCUT2D eigenvalue weighted by molar-refractivity contribution is 0.0706. The molecule has 6 nitrogen and oxygen atoms in total. The summed E-state index contributed by atoms with van der Waals surface area (Å²) in [5, 5.41) is 8.57. The van der Waals surface area contributed by atoms with Gasteiger partial charge < -0.3 is 0 Å². The SMILES string of the molecule is CC(C)(C)c1ccc(S(=O)(=O)NCc2ccc(C(=O)NO)cc2)cc1. The highest BCUT2D eigenvalue weighted by Gasteiger charge is 2.17. The van der Waals surface area contributed by atoms with E-state index in [9.17, 15) is 13.2 Å². The molecule has 1 amide bonds. The zero-order valence-electron chi connectivity index (χ0n) is 14.4. The Hall–Kier alpha value is -2.22. The quantitative estimate of drug-likeness (QED) is 0.563. The summed E-state index contributed by atoms with van der Waals surface area (Å²) in [6.07, 6.45) is 0. The van der Waals surface area contributed by atoms with Crippen LogP contribution in [-0.2, 0) is 22.0 Å². The van der Waals surface area contributed by atoms with E-state index in [-0.39, 0.29) is 22.4 Å². The second-order valence-electron chi connectivity index (χ2n) is 6.74. The lowest BCUT2D eigenvalue weighted by Gasteiger charge is -2.19. The number of rotatable bonds is 5. The second-order valence-corrected chi connectivity index (χ2v) is 8.50.